The molecular weight excluding hydrogens is 269 g/mol. The zero-order chi connectivity index (χ0) is 15.4. The molecule has 112 valence electrons. The minimum atomic E-state index is -0.258. The summed E-state index contributed by atoms with van der Waals surface area (Å²) in [6, 6.07) is 8.39. The number of rotatable bonds is 5. The van der Waals surface area contributed by atoms with E-state index >= 15 is 0 Å². The van der Waals surface area contributed by atoms with Crippen LogP contribution in [0.3, 0.4) is 0 Å². The molecule has 0 amide bonds. The van der Waals surface area contributed by atoms with Gasteiger partial charge in [0.05, 0.1) is 12.3 Å². The Balaban J connectivity index is 2.16. The molecule has 0 unspecified atom stereocenters. The third-order valence-electron chi connectivity index (χ3n) is 2.89. The van der Waals surface area contributed by atoms with Gasteiger partial charge in [0.15, 0.2) is 0 Å². The Bertz CT molecular complexity index is 629. The van der Waals surface area contributed by atoms with Crippen LogP contribution in [0.5, 0.6) is 5.88 Å². The number of nitrogens with one attached hydrogen (secondary N) is 1. The minimum Gasteiger partial charge on any atom is -0.476 e. The van der Waals surface area contributed by atoms with Crippen LogP contribution < -0.4 is 15.8 Å². The van der Waals surface area contributed by atoms with Crippen LogP contribution in [0.15, 0.2) is 30.3 Å². The van der Waals surface area contributed by atoms with Gasteiger partial charge in [0.2, 0.25) is 5.88 Å². The highest BCUT2D eigenvalue weighted by Gasteiger charge is 2.07. The van der Waals surface area contributed by atoms with Gasteiger partial charge in [0.25, 0.3) is 0 Å². The zero-order valence-electron chi connectivity index (χ0n) is 12.5. The minimum absolute atomic E-state index is 0.258. The topological polar surface area (TPSA) is 60.2 Å². The van der Waals surface area contributed by atoms with Crippen LogP contribution in [0.4, 0.5) is 21.6 Å². The van der Waals surface area contributed by atoms with Gasteiger partial charge < -0.3 is 15.8 Å². The molecule has 1 aromatic carbocycles. The maximum atomic E-state index is 13.5. The molecule has 4 nitrogen and oxygen atoms in total. The molecule has 2 aromatic rings. The lowest BCUT2D eigenvalue weighted by atomic mass is 10.2. The van der Waals surface area contributed by atoms with Gasteiger partial charge in [-0.25, -0.2) is 4.39 Å². The van der Waals surface area contributed by atoms with Crippen LogP contribution in [-0.4, -0.2) is 11.6 Å². The van der Waals surface area contributed by atoms with Crippen LogP contribution in [0.1, 0.15) is 19.4 Å². The zero-order valence-corrected chi connectivity index (χ0v) is 12.5. The highest BCUT2D eigenvalue weighted by molar-refractivity contribution is 5.61. The summed E-state index contributed by atoms with van der Waals surface area (Å²) in [4.78, 5) is 4.31. The first kappa shape index (κ1) is 15.1. The van der Waals surface area contributed by atoms with E-state index in [4.69, 9.17) is 10.5 Å². The van der Waals surface area contributed by atoms with E-state index in [-0.39, 0.29) is 5.82 Å². The molecule has 3 N–H and O–H groups in total. The number of nitrogens with two attached hydrogens (primary N) is 1. The molecule has 0 saturated carbocycles. The molecule has 0 saturated heterocycles. The van der Waals surface area contributed by atoms with Gasteiger partial charge in [-0.3, -0.25) is 0 Å². The fraction of sp³-hybridized carbons (Fsp3) is 0.312. The van der Waals surface area contributed by atoms with Crippen molar-refractivity contribution in [3.63, 3.8) is 0 Å². The van der Waals surface area contributed by atoms with Gasteiger partial charge in [0.1, 0.15) is 11.6 Å². The third-order valence-corrected chi connectivity index (χ3v) is 2.89. The second-order valence-corrected chi connectivity index (χ2v) is 5.38. The molecule has 0 aliphatic carbocycles. The maximum absolute atomic E-state index is 13.5. The molecule has 5 heteroatoms. The predicted molar refractivity (Wildman–Crippen MR) is 83.4 cm³/mol. The SMILES string of the molecule is Cc1ccc(Nc2ccc(N)c(OCC(C)C)n2)cc1F. The Kier molecular flexibility index (Phi) is 4.62. The number of pyridine rings is 1. The smallest absolute Gasteiger partial charge is 0.239 e. The Hall–Kier alpha value is -2.30. The number of ether oxygens (including phenoxy) is 1. The summed E-state index contributed by atoms with van der Waals surface area (Å²) in [5.74, 6) is 1.08. The standard InChI is InChI=1S/C16H20FN3O/c1-10(2)9-21-16-14(18)6-7-15(20-16)19-12-5-4-11(3)13(17)8-12/h4-8,10H,9,18H2,1-3H3,(H,19,20). The normalized spacial score (nSPS) is 10.7. The Morgan fingerprint density at radius 1 is 1.29 bits per heavy atom. The van der Waals surface area contributed by atoms with Crippen LogP contribution >= 0.6 is 0 Å². The molecule has 0 fully saturated rings. The summed E-state index contributed by atoms with van der Waals surface area (Å²) in [6.07, 6.45) is 0. The molecule has 2 rings (SSSR count). The van der Waals surface area contributed by atoms with Crippen LogP contribution in [0.25, 0.3) is 0 Å². The number of halogens is 1. The quantitative estimate of drug-likeness (QED) is 0.876. The van der Waals surface area contributed by atoms with E-state index in [9.17, 15) is 4.39 Å². The van der Waals surface area contributed by atoms with E-state index in [1.807, 2.05) is 13.8 Å². The average molecular weight is 289 g/mol. The van der Waals surface area contributed by atoms with Crippen molar-refractivity contribution in [2.75, 3.05) is 17.7 Å². The summed E-state index contributed by atoms with van der Waals surface area (Å²) >= 11 is 0. The lowest BCUT2D eigenvalue weighted by molar-refractivity contribution is 0.263. The first-order chi connectivity index (χ1) is 9.95. The Labute approximate surface area is 124 Å². The maximum Gasteiger partial charge on any atom is 0.239 e. The molecule has 0 radical (unpaired) electrons. The second kappa shape index (κ2) is 6.43. The lowest BCUT2D eigenvalue weighted by Gasteiger charge is -2.12. The number of aromatic nitrogens is 1. The van der Waals surface area contributed by atoms with Gasteiger partial charge in [-0.2, -0.15) is 4.98 Å². The van der Waals surface area contributed by atoms with Crippen molar-refractivity contribution in [1.82, 2.24) is 4.98 Å². The number of nitrogens with zero attached hydrogens (tertiary/aromatic N) is 1. The Morgan fingerprint density at radius 2 is 2.05 bits per heavy atom. The molecule has 0 spiro atoms. The Morgan fingerprint density at radius 3 is 2.71 bits per heavy atom. The second-order valence-electron chi connectivity index (χ2n) is 5.38. The number of aryl methyl sites for hydroxylation is 1. The van der Waals surface area contributed by atoms with E-state index in [1.54, 1.807) is 31.2 Å². The van der Waals surface area contributed by atoms with E-state index in [1.165, 1.54) is 6.07 Å². The largest absolute Gasteiger partial charge is 0.476 e. The molecule has 0 bridgehead atoms. The highest BCUT2D eigenvalue weighted by Crippen LogP contribution is 2.24. The molecular formula is C16H20FN3O. The third kappa shape index (κ3) is 4.08. The van der Waals surface area contributed by atoms with Crippen molar-refractivity contribution in [3.8, 4) is 5.88 Å². The molecule has 0 aliphatic heterocycles. The van der Waals surface area contributed by atoms with Gasteiger partial charge in [0, 0.05) is 5.69 Å². The van der Waals surface area contributed by atoms with E-state index in [0.29, 0.717) is 41.2 Å². The predicted octanol–water partition coefficient (Wildman–Crippen LogP) is 3.89. The van der Waals surface area contributed by atoms with Gasteiger partial charge in [-0.05, 0) is 42.7 Å². The van der Waals surface area contributed by atoms with E-state index in [0.717, 1.165) is 0 Å². The summed E-state index contributed by atoms with van der Waals surface area (Å²) in [6.45, 7) is 6.36. The van der Waals surface area contributed by atoms with Crippen molar-refractivity contribution in [3.05, 3.63) is 41.7 Å². The monoisotopic (exact) mass is 289 g/mol. The van der Waals surface area contributed by atoms with Crippen molar-refractivity contribution in [2.45, 2.75) is 20.8 Å². The lowest BCUT2D eigenvalue weighted by Crippen LogP contribution is -2.08. The van der Waals surface area contributed by atoms with Crippen molar-refractivity contribution in [1.29, 1.82) is 0 Å². The fourth-order valence-corrected chi connectivity index (χ4v) is 1.70. The van der Waals surface area contributed by atoms with Crippen molar-refractivity contribution in [2.24, 2.45) is 5.92 Å². The van der Waals surface area contributed by atoms with E-state index in [2.05, 4.69) is 10.3 Å². The molecule has 1 aromatic heterocycles. The number of anilines is 3. The van der Waals surface area contributed by atoms with Crippen LogP contribution in [0.2, 0.25) is 0 Å². The number of benzene rings is 1. The first-order valence-corrected chi connectivity index (χ1v) is 6.88. The van der Waals surface area contributed by atoms with Crippen molar-refractivity contribution < 1.29 is 9.13 Å². The summed E-state index contributed by atoms with van der Waals surface area (Å²) in [5.41, 5.74) is 7.55. The first-order valence-electron chi connectivity index (χ1n) is 6.88. The van der Waals surface area contributed by atoms with Gasteiger partial charge in [-0.1, -0.05) is 19.9 Å². The number of hydrogen-bond donors (Lipinski definition) is 2. The van der Waals surface area contributed by atoms with Crippen LogP contribution in [-0.2, 0) is 0 Å². The van der Waals surface area contributed by atoms with Crippen LogP contribution in [0, 0.1) is 18.7 Å². The van der Waals surface area contributed by atoms with Gasteiger partial charge >= 0.3 is 0 Å². The highest BCUT2D eigenvalue weighted by atomic mass is 19.1. The number of hydrogen-bond acceptors (Lipinski definition) is 4. The summed E-state index contributed by atoms with van der Waals surface area (Å²) in [7, 11) is 0. The molecule has 21 heavy (non-hydrogen) atoms. The average Bonchev–Trinajstić information content (AvgIpc) is 2.43. The molecule has 0 atom stereocenters. The molecule has 1 heterocycles. The van der Waals surface area contributed by atoms with Gasteiger partial charge in [-0.15, -0.1) is 0 Å². The molecule has 0 aliphatic rings. The fourth-order valence-electron chi connectivity index (χ4n) is 1.70. The summed E-state index contributed by atoms with van der Waals surface area (Å²) < 4.78 is 19.1. The number of nitrogen functional groups attached to an aromatic ring is 1. The van der Waals surface area contributed by atoms with Crippen molar-refractivity contribution >= 4 is 17.2 Å². The van der Waals surface area contributed by atoms with E-state index < -0.39 is 0 Å². The summed E-state index contributed by atoms with van der Waals surface area (Å²) in [5, 5.41) is 3.04.